The molecule has 5 nitrogen and oxygen atoms in total. The second-order valence-corrected chi connectivity index (χ2v) is 5.61. The average Bonchev–Trinajstić information content (AvgIpc) is 2.54. The van der Waals surface area contributed by atoms with Crippen molar-refractivity contribution >= 4 is 34.6 Å². The molecule has 126 valence electrons. The van der Waals surface area contributed by atoms with E-state index in [9.17, 15) is 14.7 Å². The number of aromatic hydroxyl groups is 2. The smallest absolute Gasteiger partial charge is 0.150 e. The van der Waals surface area contributed by atoms with Gasteiger partial charge in [-0.05, 0) is 42.0 Å². The Balaban J connectivity index is 0.000000254. The fourth-order valence-electron chi connectivity index (χ4n) is 1.77. The van der Waals surface area contributed by atoms with Crippen LogP contribution in [0.25, 0.3) is 6.08 Å². The summed E-state index contributed by atoms with van der Waals surface area (Å²) in [6, 6.07) is 9.25. The molecule has 0 spiro atoms. The van der Waals surface area contributed by atoms with E-state index in [4.69, 9.17) is 9.84 Å². The maximum atomic E-state index is 10.5. The number of ether oxygens (including phenoxy) is 1. The number of halogens is 1. The largest absolute Gasteiger partial charge is 0.508 e. The first-order valence-corrected chi connectivity index (χ1v) is 7.67. The third kappa shape index (κ3) is 7.21. The monoisotopic (exact) mass is 392 g/mol. The summed E-state index contributed by atoms with van der Waals surface area (Å²) in [5.41, 5.74) is 1.71. The first kappa shape index (κ1) is 19.6. The first-order chi connectivity index (χ1) is 11.5. The fourth-order valence-corrected chi connectivity index (χ4v) is 2.27. The van der Waals surface area contributed by atoms with E-state index in [1.54, 1.807) is 31.4 Å². The van der Waals surface area contributed by atoms with E-state index < -0.39 is 0 Å². The van der Waals surface area contributed by atoms with E-state index in [1.165, 1.54) is 18.2 Å². The number of phenolic OH excluding ortho intramolecular Hbond substituents is 2. The Morgan fingerprint density at radius 3 is 2.00 bits per heavy atom. The highest BCUT2D eigenvalue weighted by molar-refractivity contribution is 9.10. The van der Waals surface area contributed by atoms with Crippen LogP contribution >= 0.6 is 15.9 Å². The Morgan fingerprint density at radius 2 is 1.46 bits per heavy atom. The summed E-state index contributed by atoms with van der Waals surface area (Å²) in [6.07, 6.45) is 4.98. The van der Waals surface area contributed by atoms with E-state index in [0.29, 0.717) is 34.8 Å². The van der Waals surface area contributed by atoms with Gasteiger partial charge in [-0.15, -0.1) is 0 Å². The van der Waals surface area contributed by atoms with Crippen molar-refractivity contribution in [3.05, 3.63) is 63.6 Å². The molecule has 0 heterocycles. The van der Waals surface area contributed by atoms with E-state index in [2.05, 4.69) is 15.9 Å². The summed E-state index contributed by atoms with van der Waals surface area (Å²) in [5, 5.41) is 18.2. The van der Waals surface area contributed by atoms with Gasteiger partial charge in [-0.2, -0.15) is 0 Å². The minimum absolute atomic E-state index is 0.0895. The van der Waals surface area contributed by atoms with Crippen LogP contribution in [0.1, 0.15) is 26.3 Å². The van der Waals surface area contributed by atoms with E-state index in [1.807, 2.05) is 6.08 Å². The number of carbonyl (C=O) groups excluding carboxylic acids is 2. The van der Waals surface area contributed by atoms with Crippen LogP contribution in [-0.2, 0) is 4.74 Å². The highest BCUT2D eigenvalue weighted by Gasteiger charge is 1.96. The van der Waals surface area contributed by atoms with Crippen LogP contribution < -0.4 is 0 Å². The molecular formula is C18H17BrO5. The van der Waals surface area contributed by atoms with Gasteiger partial charge in [-0.3, -0.25) is 9.59 Å². The predicted octanol–water partition coefficient (Wildman–Crippen LogP) is 3.83. The molecule has 0 fully saturated rings. The zero-order valence-corrected chi connectivity index (χ0v) is 14.6. The molecule has 2 N–H and O–H groups in total. The molecule has 0 aliphatic heterocycles. The van der Waals surface area contributed by atoms with Crippen molar-refractivity contribution in [2.45, 2.75) is 0 Å². The average molecular weight is 393 g/mol. The quantitative estimate of drug-likeness (QED) is 0.755. The lowest BCUT2D eigenvalue weighted by Gasteiger charge is -1.97. The summed E-state index contributed by atoms with van der Waals surface area (Å²) in [6.45, 7) is 0.506. The van der Waals surface area contributed by atoms with E-state index >= 15 is 0 Å². The van der Waals surface area contributed by atoms with Gasteiger partial charge in [0.1, 0.15) is 24.1 Å². The lowest BCUT2D eigenvalue weighted by atomic mass is 10.1. The fraction of sp³-hybridized carbons (Fsp3) is 0.111. The normalized spacial score (nSPS) is 10.1. The molecule has 24 heavy (non-hydrogen) atoms. The van der Waals surface area contributed by atoms with Gasteiger partial charge in [0, 0.05) is 22.7 Å². The van der Waals surface area contributed by atoms with Gasteiger partial charge in [-0.1, -0.05) is 28.1 Å². The number of hydrogen-bond acceptors (Lipinski definition) is 5. The molecule has 0 amide bonds. The first-order valence-electron chi connectivity index (χ1n) is 6.88. The van der Waals surface area contributed by atoms with Gasteiger partial charge in [-0.25, -0.2) is 0 Å². The summed E-state index contributed by atoms with van der Waals surface area (Å²) < 4.78 is 5.53. The van der Waals surface area contributed by atoms with E-state index in [-0.39, 0.29) is 11.5 Å². The number of methoxy groups -OCH3 is 1. The predicted molar refractivity (Wildman–Crippen MR) is 95.6 cm³/mol. The molecule has 6 heteroatoms. The highest BCUT2D eigenvalue weighted by atomic mass is 79.9. The van der Waals surface area contributed by atoms with Crippen molar-refractivity contribution in [3.63, 3.8) is 0 Å². The lowest BCUT2D eigenvalue weighted by molar-refractivity contribution is 0.111. The molecule has 0 atom stereocenters. The van der Waals surface area contributed by atoms with Crippen LogP contribution in [0.15, 0.2) is 46.9 Å². The third-order valence-corrected chi connectivity index (χ3v) is 3.17. The topological polar surface area (TPSA) is 83.8 Å². The molecule has 0 bridgehead atoms. The molecule has 2 aromatic rings. The van der Waals surface area contributed by atoms with Crippen LogP contribution in [0.5, 0.6) is 11.5 Å². The number of benzene rings is 2. The maximum absolute atomic E-state index is 10.5. The molecule has 0 aromatic heterocycles. The number of rotatable bonds is 5. The molecule has 0 saturated carbocycles. The second-order valence-electron chi connectivity index (χ2n) is 4.69. The highest BCUT2D eigenvalue weighted by Crippen LogP contribution is 2.18. The van der Waals surface area contributed by atoms with Crippen molar-refractivity contribution in [2.75, 3.05) is 13.7 Å². The van der Waals surface area contributed by atoms with Crippen molar-refractivity contribution in [3.8, 4) is 11.5 Å². The van der Waals surface area contributed by atoms with Gasteiger partial charge in [0.2, 0.25) is 0 Å². The van der Waals surface area contributed by atoms with Gasteiger partial charge < -0.3 is 14.9 Å². The molecule has 0 aliphatic carbocycles. The van der Waals surface area contributed by atoms with Crippen LogP contribution in [0, 0.1) is 0 Å². The molecule has 2 rings (SSSR count). The Kier molecular flexibility index (Phi) is 8.46. The molecule has 0 aliphatic rings. The summed E-state index contributed by atoms with van der Waals surface area (Å²) in [7, 11) is 1.60. The molecule has 0 radical (unpaired) electrons. The Labute approximate surface area is 148 Å². The van der Waals surface area contributed by atoms with Gasteiger partial charge in [0.05, 0.1) is 6.61 Å². The number of phenols is 2. The number of hydrogen-bond donors (Lipinski definition) is 2. The number of aldehydes is 2. The standard InChI is InChI=1S/C11H12O3.C7H5BrO2/c1-14-4-2-3-9-5-10(8-12)7-11(13)6-9;8-6-1-5(4-9)2-7(10)3-6/h2-3,5-8,13H,4H2,1H3;1-4,10H. The Morgan fingerprint density at radius 1 is 0.917 bits per heavy atom. The molecule has 0 saturated heterocycles. The summed E-state index contributed by atoms with van der Waals surface area (Å²) >= 11 is 3.13. The Hall–Kier alpha value is -2.44. The summed E-state index contributed by atoms with van der Waals surface area (Å²) in [5.74, 6) is 0.183. The van der Waals surface area contributed by atoms with Gasteiger partial charge in [0.15, 0.2) is 0 Å². The van der Waals surface area contributed by atoms with Crippen molar-refractivity contribution in [2.24, 2.45) is 0 Å². The lowest BCUT2D eigenvalue weighted by Crippen LogP contribution is -1.83. The third-order valence-electron chi connectivity index (χ3n) is 2.71. The van der Waals surface area contributed by atoms with Gasteiger partial charge in [0.25, 0.3) is 0 Å². The van der Waals surface area contributed by atoms with Crippen LogP contribution in [-0.4, -0.2) is 36.5 Å². The Bertz CT molecular complexity index is 705. The molecule has 2 aromatic carbocycles. The van der Waals surface area contributed by atoms with Crippen molar-refractivity contribution in [1.29, 1.82) is 0 Å². The van der Waals surface area contributed by atoms with Crippen LogP contribution in [0.4, 0.5) is 0 Å². The van der Waals surface area contributed by atoms with Crippen molar-refractivity contribution < 1.29 is 24.5 Å². The minimum atomic E-state index is 0.0895. The number of carbonyl (C=O) groups is 2. The molecule has 0 unspecified atom stereocenters. The van der Waals surface area contributed by atoms with Gasteiger partial charge >= 0.3 is 0 Å². The summed E-state index contributed by atoms with van der Waals surface area (Å²) in [4.78, 5) is 20.7. The van der Waals surface area contributed by atoms with Crippen molar-refractivity contribution in [1.82, 2.24) is 0 Å². The molecular weight excluding hydrogens is 376 g/mol. The van der Waals surface area contributed by atoms with Crippen LogP contribution in [0.2, 0.25) is 0 Å². The second kappa shape index (κ2) is 10.4. The van der Waals surface area contributed by atoms with Crippen LogP contribution in [0.3, 0.4) is 0 Å². The minimum Gasteiger partial charge on any atom is -0.508 e. The zero-order valence-electron chi connectivity index (χ0n) is 13.0. The maximum Gasteiger partial charge on any atom is 0.150 e. The van der Waals surface area contributed by atoms with E-state index in [0.717, 1.165) is 5.56 Å². The SMILES string of the molecule is COCC=Cc1cc(O)cc(C=O)c1.O=Cc1cc(O)cc(Br)c1. The zero-order chi connectivity index (χ0) is 17.9.